The van der Waals surface area contributed by atoms with E-state index in [0.717, 1.165) is 6.42 Å². The molecule has 0 aliphatic heterocycles. The van der Waals surface area contributed by atoms with E-state index < -0.39 is 15.7 Å². The first-order chi connectivity index (χ1) is 6.75. The number of hydrogen-bond acceptors (Lipinski definition) is 3. The van der Waals surface area contributed by atoms with Crippen LogP contribution in [0.15, 0.2) is 0 Å². The van der Waals surface area contributed by atoms with Crippen LogP contribution < -0.4 is 4.72 Å². The van der Waals surface area contributed by atoms with Crippen molar-refractivity contribution >= 4 is 10.2 Å². The van der Waals surface area contributed by atoms with E-state index in [0.29, 0.717) is 13.0 Å². The molecule has 0 aliphatic carbocycles. The van der Waals surface area contributed by atoms with Crippen molar-refractivity contribution in [1.82, 2.24) is 9.03 Å². The Balaban J connectivity index is 4.42. The molecule has 0 aromatic rings. The minimum absolute atomic E-state index is 0.00295. The summed E-state index contributed by atoms with van der Waals surface area (Å²) >= 11 is 0. The molecule has 2 N–H and O–H groups in total. The van der Waals surface area contributed by atoms with Gasteiger partial charge in [-0.25, -0.2) is 0 Å². The molecular formula is C9H22N2O3S. The van der Waals surface area contributed by atoms with Crippen LogP contribution in [0.3, 0.4) is 0 Å². The number of aliphatic hydroxyl groups excluding tert-OH is 1. The number of rotatable bonds is 7. The summed E-state index contributed by atoms with van der Waals surface area (Å²) < 4.78 is 27.3. The van der Waals surface area contributed by atoms with Gasteiger partial charge in [-0.3, -0.25) is 0 Å². The molecule has 0 radical (unpaired) electrons. The van der Waals surface area contributed by atoms with E-state index in [1.807, 2.05) is 20.8 Å². The Morgan fingerprint density at radius 1 is 1.40 bits per heavy atom. The van der Waals surface area contributed by atoms with Gasteiger partial charge < -0.3 is 5.11 Å². The number of nitrogens with zero attached hydrogens (tertiary/aromatic N) is 1. The summed E-state index contributed by atoms with van der Waals surface area (Å²) in [6.45, 7) is 5.92. The summed E-state index contributed by atoms with van der Waals surface area (Å²) in [6.07, 6.45) is 1.17. The smallest absolute Gasteiger partial charge is 0.279 e. The SMILES string of the molecule is CCC(C)(C)NS(=O)(=O)N(C)CCCO. The van der Waals surface area contributed by atoms with Crippen molar-refractivity contribution in [2.75, 3.05) is 20.2 Å². The maximum absolute atomic E-state index is 11.7. The molecule has 0 saturated heterocycles. The van der Waals surface area contributed by atoms with Crippen LogP contribution in [0.4, 0.5) is 0 Å². The third kappa shape index (κ3) is 5.46. The zero-order chi connectivity index (χ0) is 12.1. The molecule has 0 unspecified atom stereocenters. The van der Waals surface area contributed by atoms with Crippen molar-refractivity contribution < 1.29 is 13.5 Å². The molecule has 0 aliphatic rings. The third-order valence-corrected chi connectivity index (χ3v) is 4.14. The Labute approximate surface area is 92.7 Å². The van der Waals surface area contributed by atoms with Crippen molar-refractivity contribution in [3.63, 3.8) is 0 Å². The largest absolute Gasteiger partial charge is 0.396 e. The Kier molecular flexibility index (Phi) is 5.72. The summed E-state index contributed by atoms with van der Waals surface area (Å²) in [5.74, 6) is 0. The predicted octanol–water partition coefficient (Wildman–Crippen LogP) is 0.324. The van der Waals surface area contributed by atoms with Crippen molar-refractivity contribution in [2.24, 2.45) is 0 Å². The van der Waals surface area contributed by atoms with Gasteiger partial charge in [0.05, 0.1) is 0 Å². The summed E-state index contributed by atoms with van der Waals surface area (Å²) in [6, 6.07) is 0. The van der Waals surface area contributed by atoms with Gasteiger partial charge in [0.2, 0.25) is 0 Å². The lowest BCUT2D eigenvalue weighted by atomic mass is 10.0. The van der Waals surface area contributed by atoms with Crippen LogP contribution in [0.2, 0.25) is 0 Å². The highest BCUT2D eigenvalue weighted by molar-refractivity contribution is 7.87. The van der Waals surface area contributed by atoms with Crippen LogP contribution in [-0.4, -0.2) is 43.6 Å². The molecule has 5 nitrogen and oxygen atoms in total. The van der Waals surface area contributed by atoms with Gasteiger partial charge >= 0.3 is 0 Å². The fourth-order valence-electron chi connectivity index (χ4n) is 0.913. The molecule has 0 saturated carbocycles. The molecule has 6 heteroatoms. The standard InChI is InChI=1S/C9H22N2O3S/c1-5-9(2,3)10-15(13,14)11(4)7-6-8-12/h10,12H,5-8H2,1-4H3. The topological polar surface area (TPSA) is 69.6 Å². The van der Waals surface area contributed by atoms with E-state index in [1.54, 1.807) is 0 Å². The fourth-order valence-corrected chi connectivity index (χ4v) is 2.28. The van der Waals surface area contributed by atoms with Crippen molar-refractivity contribution in [1.29, 1.82) is 0 Å². The van der Waals surface area contributed by atoms with Crippen LogP contribution in [0, 0.1) is 0 Å². The van der Waals surface area contributed by atoms with Gasteiger partial charge in [-0.15, -0.1) is 0 Å². The van der Waals surface area contributed by atoms with E-state index >= 15 is 0 Å². The third-order valence-electron chi connectivity index (χ3n) is 2.33. The summed E-state index contributed by atoms with van der Waals surface area (Å²) in [4.78, 5) is 0. The molecule has 0 rings (SSSR count). The van der Waals surface area contributed by atoms with Crippen molar-refractivity contribution in [2.45, 2.75) is 39.2 Å². The molecule has 92 valence electrons. The highest BCUT2D eigenvalue weighted by Crippen LogP contribution is 2.10. The summed E-state index contributed by atoms with van der Waals surface area (Å²) in [5.41, 5.74) is -0.438. The predicted molar refractivity (Wildman–Crippen MR) is 60.8 cm³/mol. The normalized spacial score (nSPS) is 13.5. The maximum Gasteiger partial charge on any atom is 0.279 e. The lowest BCUT2D eigenvalue weighted by Crippen LogP contribution is -2.49. The second-order valence-electron chi connectivity index (χ2n) is 4.24. The van der Waals surface area contributed by atoms with Gasteiger partial charge in [0, 0.05) is 25.7 Å². The number of aliphatic hydroxyl groups is 1. The second-order valence-corrected chi connectivity index (χ2v) is 6.02. The zero-order valence-electron chi connectivity index (χ0n) is 9.95. The lowest BCUT2D eigenvalue weighted by molar-refractivity contribution is 0.274. The van der Waals surface area contributed by atoms with Gasteiger partial charge in [0.15, 0.2) is 0 Å². The average Bonchev–Trinajstić information content (AvgIpc) is 2.12. The molecular weight excluding hydrogens is 216 g/mol. The first kappa shape index (κ1) is 14.8. The van der Waals surface area contributed by atoms with Gasteiger partial charge in [-0.1, -0.05) is 6.92 Å². The molecule has 0 amide bonds. The van der Waals surface area contributed by atoms with Crippen LogP contribution in [0.5, 0.6) is 0 Å². The Hall–Kier alpha value is -0.170. The van der Waals surface area contributed by atoms with Crippen molar-refractivity contribution in [3.05, 3.63) is 0 Å². The monoisotopic (exact) mass is 238 g/mol. The van der Waals surface area contributed by atoms with Crippen molar-refractivity contribution in [3.8, 4) is 0 Å². The van der Waals surface area contributed by atoms with Crippen LogP contribution in [0.1, 0.15) is 33.6 Å². The van der Waals surface area contributed by atoms with Crippen LogP contribution >= 0.6 is 0 Å². The molecule has 0 fully saturated rings. The van der Waals surface area contributed by atoms with Gasteiger partial charge in [-0.05, 0) is 26.7 Å². The van der Waals surface area contributed by atoms with Gasteiger partial charge in [-0.2, -0.15) is 17.4 Å². The Morgan fingerprint density at radius 3 is 2.33 bits per heavy atom. The van der Waals surface area contributed by atoms with E-state index in [4.69, 9.17) is 5.11 Å². The quantitative estimate of drug-likeness (QED) is 0.671. The molecule has 0 aromatic heterocycles. The molecule has 15 heavy (non-hydrogen) atoms. The van der Waals surface area contributed by atoms with Crippen LogP contribution in [0.25, 0.3) is 0 Å². The van der Waals surface area contributed by atoms with Gasteiger partial charge in [0.1, 0.15) is 0 Å². The Morgan fingerprint density at radius 2 is 1.93 bits per heavy atom. The maximum atomic E-state index is 11.7. The molecule has 0 heterocycles. The average molecular weight is 238 g/mol. The second kappa shape index (κ2) is 5.79. The molecule has 0 bridgehead atoms. The highest BCUT2D eigenvalue weighted by Gasteiger charge is 2.25. The van der Waals surface area contributed by atoms with E-state index in [9.17, 15) is 8.42 Å². The van der Waals surface area contributed by atoms with E-state index in [-0.39, 0.29) is 6.61 Å². The molecule has 0 atom stereocenters. The Bertz CT molecular complexity index is 275. The number of hydrogen-bond donors (Lipinski definition) is 2. The minimum atomic E-state index is -3.43. The van der Waals surface area contributed by atoms with Gasteiger partial charge in [0.25, 0.3) is 10.2 Å². The fraction of sp³-hybridized carbons (Fsp3) is 1.00. The van der Waals surface area contributed by atoms with Crippen LogP contribution in [-0.2, 0) is 10.2 Å². The summed E-state index contributed by atoms with van der Waals surface area (Å²) in [7, 11) is -1.93. The number of nitrogens with one attached hydrogen (secondary N) is 1. The van der Waals surface area contributed by atoms with E-state index in [2.05, 4.69) is 4.72 Å². The summed E-state index contributed by atoms with van der Waals surface area (Å²) in [5, 5.41) is 8.62. The highest BCUT2D eigenvalue weighted by atomic mass is 32.2. The molecule has 0 spiro atoms. The zero-order valence-corrected chi connectivity index (χ0v) is 10.8. The first-order valence-electron chi connectivity index (χ1n) is 5.11. The minimum Gasteiger partial charge on any atom is -0.396 e. The van der Waals surface area contributed by atoms with E-state index in [1.165, 1.54) is 11.4 Å². The first-order valence-corrected chi connectivity index (χ1v) is 6.55. The lowest BCUT2D eigenvalue weighted by Gasteiger charge is -2.27. The molecule has 0 aromatic carbocycles.